The molecule has 0 saturated carbocycles. The predicted molar refractivity (Wildman–Crippen MR) is 95.2 cm³/mol. The Morgan fingerprint density at radius 2 is 1.88 bits per heavy atom. The van der Waals surface area contributed by atoms with Crippen LogP contribution in [-0.2, 0) is 20.4 Å². The van der Waals surface area contributed by atoms with Crippen molar-refractivity contribution in [2.24, 2.45) is 0 Å². The van der Waals surface area contributed by atoms with Gasteiger partial charge in [-0.25, -0.2) is 8.42 Å². The maximum Gasteiger partial charge on any atom is 0.242 e. The summed E-state index contributed by atoms with van der Waals surface area (Å²) in [5.41, 5.74) is 0.967. The smallest absolute Gasteiger partial charge is 0.242 e. The lowest BCUT2D eigenvalue weighted by Crippen LogP contribution is -2.33. The predicted octanol–water partition coefficient (Wildman–Crippen LogP) is 3.29. The van der Waals surface area contributed by atoms with E-state index in [-0.39, 0.29) is 5.75 Å². The SMILES string of the molecule is COc1ccc(Cl)cc1CS(=O)(=O)[C@H](C)C(=O)Nc1ccccc1. The lowest BCUT2D eigenvalue weighted by molar-refractivity contribution is -0.115. The van der Waals surface area contributed by atoms with Crippen molar-refractivity contribution in [2.75, 3.05) is 12.4 Å². The van der Waals surface area contributed by atoms with Crippen molar-refractivity contribution in [3.63, 3.8) is 0 Å². The highest BCUT2D eigenvalue weighted by Crippen LogP contribution is 2.26. The molecule has 24 heavy (non-hydrogen) atoms. The lowest BCUT2D eigenvalue weighted by Gasteiger charge is -2.15. The highest BCUT2D eigenvalue weighted by Gasteiger charge is 2.29. The van der Waals surface area contributed by atoms with Gasteiger partial charge in [0.1, 0.15) is 11.0 Å². The molecular formula is C17H18ClNO4S. The van der Waals surface area contributed by atoms with Gasteiger partial charge in [-0.3, -0.25) is 4.79 Å². The van der Waals surface area contributed by atoms with Crippen molar-refractivity contribution in [3.05, 3.63) is 59.1 Å². The molecular weight excluding hydrogens is 350 g/mol. The number of hydrogen-bond donors (Lipinski definition) is 1. The Morgan fingerprint density at radius 3 is 2.50 bits per heavy atom. The van der Waals surface area contributed by atoms with E-state index in [1.165, 1.54) is 20.1 Å². The van der Waals surface area contributed by atoms with E-state index in [0.29, 0.717) is 22.0 Å². The summed E-state index contributed by atoms with van der Waals surface area (Å²) in [7, 11) is -2.28. The molecule has 0 radical (unpaired) electrons. The number of carbonyl (C=O) groups is 1. The van der Waals surface area contributed by atoms with E-state index in [4.69, 9.17) is 16.3 Å². The summed E-state index contributed by atoms with van der Waals surface area (Å²) in [4.78, 5) is 12.2. The fourth-order valence-electron chi connectivity index (χ4n) is 2.13. The minimum absolute atomic E-state index is 0.333. The van der Waals surface area contributed by atoms with Crippen LogP contribution in [0.5, 0.6) is 5.75 Å². The average molecular weight is 368 g/mol. The van der Waals surface area contributed by atoms with Crippen LogP contribution < -0.4 is 10.1 Å². The van der Waals surface area contributed by atoms with Crippen LogP contribution in [0.1, 0.15) is 12.5 Å². The van der Waals surface area contributed by atoms with Gasteiger partial charge < -0.3 is 10.1 Å². The molecule has 0 aliphatic rings. The molecule has 1 atom stereocenters. The van der Waals surface area contributed by atoms with E-state index in [2.05, 4.69) is 5.32 Å². The van der Waals surface area contributed by atoms with Crippen LogP contribution in [0.2, 0.25) is 5.02 Å². The van der Waals surface area contributed by atoms with Gasteiger partial charge in [-0.1, -0.05) is 29.8 Å². The van der Waals surface area contributed by atoms with E-state index in [0.717, 1.165) is 0 Å². The molecule has 2 rings (SSSR count). The Hall–Kier alpha value is -2.05. The Balaban J connectivity index is 2.17. The van der Waals surface area contributed by atoms with E-state index in [9.17, 15) is 13.2 Å². The molecule has 1 amide bonds. The van der Waals surface area contributed by atoms with Gasteiger partial charge in [-0.15, -0.1) is 0 Å². The molecule has 0 bridgehead atoms. The molecule has 5 nitrogen and oxygen atoms in total. The molecule has 0 aliphatic carbocycles. The van der Waals surface area contributed by atoms with Crippen molar-refractivity contribution in [1.29, 1.82) is 0 Å². The highest BCUT2D eigenvalue weighted by atomic mass is 35.5. The summed E-state index contributed by atoms with van der Waals surface area (Å²) in [6.45, 7) is 1.37. The summed E-state index contributed by atoms with van der Waals surface area (Å²) in [5.74, 6) is -0.499. The van der Waals surface area contributed by atoms with Crippen molar-refractivity contribution >= 4 is 33.0 Å². The van der Waals surface area contributed by atoms with Gasteiger partial charge >= 0.3 is 0 Å². The van der Waals surface area contributed by atoms with Gasteiger partial charge in [-0.2, -0.15) is 0 Å². The molecule has 0 aromatic heterocycles. The lowest BCUT2D eigenvalue weighted by atomic mass is 10.2. The average Bonchev–Trinajstić information content (AvgIpc) is 2.55. The number of benzene rings is 2. The second kappa shape index (κ2) is 7.68. The molecule has 2 aromatic rings. The Labute approximate surface area is 146 Å². The van der Waals surface area contributed by atoms with Crippen molar-refractivity contribution in [2.45, 2.75) is 17.9 Å². The Kier molecular flexibility index (Phi) is 5.85. The normalized spacial score (nSPS) is 12.5. The summed E-state index contributed by atoms with van der Waals surface area (Å²) < 4.78 is 30.3. The number of para-hydroxylation sites is 1. The molecule has 0 fully saturated rings. The van der Waals surface area contributed by atoms with E-state index >= 15 is 0 Å². The largest absolute Gasteiger partial charge is 0.496 e. The zero-order valence-corrected chi connectivity index (χ0v) is 14.9. The monoisotopic (exact) mass is 367 g/mol. The van der Waals surface area contributed by atoms with Gasteiger partial charge in [0.2, 0.25) is 5.91 Å². The Bertz CT molecular complexity index is 822. The van der Waals surface area contributed by atoms with Gasteiger partial charge in [-0.05, 0) is 37.3 Å². The minimum Gasteiger partial charge on any atom is -0.496 e. The van der Waals surface area contributed by atoms with Crippen LogP contribution in [0.15, 0.2) is 48.5 Å². The second-order valence-electron chi connectivity index (χ2n) is 5.26. The van der Waals surface area contributed by atoms with Crippen LogP contribution in [-0.4, -0.2) is 26.7 Å². The second-order valence-corrected chi connectivity index (χ2v) is 8.02. The van der Waals surface area contributed by atoms with E-state index < -0.39 is 21.0 Å². The fraction of sp³-hybridized carbons (Fsp3) is 0.235. The summed E-state index contributed by atoms with van der Waals surface area (Å²) >= 11 is 5.92. The number of halogens is 1. The van der Waals surface area contributed by atoms with E-state index in [1.807, 2.05) is 0 Å². The van der Waals surface area contributed by atoms with Crippen LogP contribution >= 0.6 is 11.6 Å². The number of hydrogen-bond acceptors (Lipinski definition) is 4. The third-order valence-corrected chi connectivity index (χ3v) is 5.79. The first-order valence-electron chi connectivity index (χ1n) is 7.23. The maximum atomic E-state index is 12.6. The zero-order valence-electron chi connectivity index (χ0n) is 13.3. The van der Waals surface area contributed by atoms with Gasteiger partial charge in [0, 0.05) is 16.3 Å². The number of ether oxygens (including phenoxy) is 1. The first-order valence-corrected chi connectivity index (χ1v) is 9.32. The molecule has 0 saturated heterocycles. The number of rotatable bonds is 6. The maximum absolute atomic E-state index is 12.6. The minimum atomic E-state index is -3.73. The van der Waals surface area contributed by atoms with Crippen LogP contribution in [0.3, 0.4) is 0 Å². The molecule has 128 valence electrons. The summed E-state index contributed by atoms with van der Waals surface area (Å²) in [5, 5.41) is 1.80. The molecule has 1 N–H and O–H groups in total. The molecule has 2 aromatic carbocycles. The molecule has 0 unspecified atom stereocenters. The van der Waals surface area contributed by atoms with E-state index in [1.54, 1.807) is 42.5 Å². The third kappa shape index (κ3) is 4.49. The summed E-state index contributed by atoms with van der Waals surface area (Å²) in [6, 6.07) is 13.4. The quantitative estimate of drug-likeness (QED) is 0.850. The third-order valence-electron chi connectivity index (χ3n) is 3.55. The van der Waals surface area contributed by atoms with Gasteiger partial charge in [0.25, 0.3) is 0 Å². The Morgan fingerprint density at radius 1 is 1.21 bits per heavy atom. The fourth-order valence-corrected chi connectivity index (χ4v) is 3.62. The van der Waals surface area contributed by atoms with Crippen molar-refractivity contribution in [3.8, 4) is 5.75 Å². The van der Waals surface area contributed by atoms with Crippen molar-refractivity contribution < 1.29 is 17.9 Å². The highest BCUT2D eigenvalue weighted by molar-refractivity contribution is 7.92. The number of carbonyl (C=O) groups excluding carboxylic acids is 1. The van der Waals surface area contributed by atoms with Gasteiger partial charge in [0.05, 0.1) is 12.9 Å². The number of anilines is 1. The zero-order chi connectivity index (χ0) is 17.7. The van der Waals surface area contributed by atoms with Crippen LogP contribution in [0.25, 0.3) is 0 Å². The number of amides is 1. The molecule has 0 aliphatic heterocycles. The molecule has 0 heterocycles. The standard InChI is InChI=1S/C17H18ClNO4S/c1-12(17(20)19-15-6-4-3-5-7-15)24(21,22)11-13-10-14(18)8-9-16(13)23-2/h3-10,12H,11H2,1-2H3,(H,19,20)/t12-/m1/s1. The number of methoxy groups -OCH3 is 1. The number of nitrogens with one attached hydrogen (secondary N) is 1. The van der Waals surface area contributed by atoms with Crippen LogP contribution in [0.4, 0.5) is 5.69 Å². The topological polar surface area (TPSA) is 72.5 Å². The first kappa shape index (κ1) is 18.3. The summed E-state index contributed by atoms with van der Waals surface area (Å²) in [6.07, 6.45) is 0. The van der Waals surface area contributed by atoms with Crippen LogP contribution in [0, 0.1) is 0 Å². The first-order chi connectivity index (χ1) is 11.3. The van der Waals surface area contributed by atoms with Crippen molar-refractivity contribution in [1.82, 2.24) is 0 Å². The molecule has 7 heteroatoms. The van der Waals surface area contributed by atoms with Gasteiger partial charge in [0.15, 0.2) is 9.84 Å². The number of sulfone groups is 1. The molecule has 0 spiro atoms.